The first kappa shape index (κ1) is 17.9. The summed E-state index contributed by atoms with van der Waals surface area (Å²) in [6.45, 7) is 1.70. The van der Waals surface area contributed by atoms with Crippen molar-refractivity contribution in [3.8, 4) is 11.5 Å². The van der Waals surface area contributed by atoms with E-state index in [-0.39, 0.29) is 23.2 Å². The van der Waals surface area contributed by atoms with Crippen molar-refractivity contribution in [3.63, 3.8) is 0 Å². The number of benzene rings is 3. The monoisotopic (exact) mass is 377 g/mol. The fourth-order valence-electron chi connectivity index (χ4n) is 2.88. The summed E-state index contributed by atoms with van der Waals surface area (Å²) in [5, 5.41) is 11.3. The van der Waals surface area contributed by atoms with Crippen molar-refractivity contribution in [2.45, 2.75) is 13.0 Å². The molecule has 0 aliphatic carbocycles. The summed E-state index contributed by atoms with van der Waals surface area (Å²) >= 11 is 0. The Bertz CT molecular complexity index is 1100. The van der Waals surface area contributed by atoms with E-state index in [0.717, 1.165) is 5.56 Å². The summed E-state index contributed by atoms with van der Waals surface area (Å²) < 4.78 is 33.8. The Hall–Kier alpha value is -3.54. The first-order valence-corrected chi connectivity index (χ1v) is 8.78. The van der Waals surface area contributed by atoms with Crippen LogP contribution in [0, 0.1) is 18.6 Å². The van der Waals surface area contributed by atoms with Crippen molar-refractivity contribution in [3.05, 3.63) is 101 Å². The van der Waals surface area contributed by atoms with E-state index in [1.807, 2.05) is 30.3 Å². The summed E-state index contributed by atoms with van der Waals surface area (Å²) in [6, 6.07) is 20.0. The highest BCUT2D eigenvalue weighted by atomic mass is 19.1. The van der Waals surface area contributed by atoms with Gasteiger partial charge < -0.3 is 9.73 Å². The Morgan fingerprint density at radius 2 is 1.61 bits per heavy atom. The highest BCUT2D eigenvalue weighted by molar-refractivity contribution is 5.54. The standard InChI is InChI=1S/C22H17F2N3O/c1-14-11-12-16(13-19(14)24)25-20(15-7-3-2-4-8-15)22-27-26-21(28-22)17-9-5-6-10-18(17)23/h2-13,20,25H,1H3/t20-/m1/s1. The second kappa shape index (κ2) is 7.60. The van der Waals surface area contributed by atoms with Crippen LogP contribution < -0.4 is 5.32 Å². The summed E-state index contributed by atoms with van der Waals surface area (Å²) in [4.78, 5) is 0. The summed E-state index contributed by atoms with van der Waals surface area (Å²) in [6.07, 6.45) is 0. The molecule has 0 aliphatic heterocycles. The zero-order valence-corrected chi connectivity index (χ0v) is 15.1. The van der Waals surface area contributed by atoms with Gasteiger partial charge in [-0.3, -0.25) is 0 Å². The van der Waals surface area contributed by atoms with Gasteiger partial charge in [-0.2, -0.15) is 0 Å². The van der Waals surface area contributed by atoms with Crippen molar-refractivity contribution < 1.29 is 13.2 Å². The third-order valence-corrected chi connectivity index (χ3v) is 4.41. The molecule has 4 nitrogen and oxygen atoms in total. The van der Waals surface area contributed by atoms with Gasteiger partial charge in [0, 0.05) is 5.69 Å². The highest BCUT2D eigenvalue weighted by Gasteiger charge is 2.22. The zero-order valence-electron chi connectivity index (χ0n) is 15.1. The van der Waals surface area contributed by atoms with Gasteiger partial charge >= 0.3 is 0 Å². The molecule has 1 aromatic heterocycles. The number of halogens is 2. The molecule has 0 saturated heterocycles. The molecule has 0 fully saturated rings. The van der Waals surface area contributed by atoms with Crippen LogP contribution in [0.1, 0.15) is 23.1 Å². The summed E-state index contributed by atoms with van der Waals surface area (Å²) in [7, 11) is 0. The number of rotatable bonds is 5. The number of hydrogen-bond acceptors (Lipinski definition) is 4. The van der Waals surface area contributed by atoms with Gasteiger partial charge in [0.25, 0.3) is 5.89 Å². The molecule has 0 aliphatic rings. The Morgan fingerprint density at radius 1 is 0.857 bits per heavy atom. The van der Waals surface area contributed by atoms with Crippen LogP contribution in [0.25, 0.3) is 11.5 Å². The first-order chi connectivity index (χ1) is 13.6. The molecule has 28 heavy (non-hydrogen) atoms. The van der Waals surface area contributed by atoms with Gasteiger partial charge in [0.1, 0.15) is 17.7 Å². The number of aryl methyl sites for hydroxylation is 1. The van der Waals surface area contributed by atoms with Crippen molar-refractivity contribution in [2.75, 3.05) is 5.32 Å². The predicted molar refractivity (Wildman–Crippen MR) is 103 cm³/mol. The predicted octanol–water partition coefficient (Wildman–Crippen LogP) is 5.52. The fourth-order valence-corrected chi connectivity index (χ4v) is 2.88. The number of anilines is 1. The molecule has 4 rings (SSSR count). The molecular weight excluding hydrogens is 360 g/mol. The third-order valence-electron chi connectivity index (χ3n) is 4.41. The smallest absolute Gasteiger partial charge is 0.250 e. The topological polar surface area (TPSA) is 51.0 Å². The molecule has 0 radical (unpaired) electrons. The van der Waals surface area contributed by atoms with Gasteiger partial charge in [-0.15, -0.1) is 10.2 Å². The molecule has 0 saturated carbocycles. The Morgan fingerprint density at radius 3 is 2.36 bits per heavy atom. The average Bonchev–Trinajstić information content (AvgIpc) is 3.19. The minimum Gasteiger partial charge on any atom is -0.418 e. The Labute approximate surface area is 160 Å². The number of aromatic nitrogens is 2. The second-order valence-corrected chi connectivity index (χ2v) is 6.38. The fraction of sp³-hybridized carbons (Fsp3) is 0.0909. The van der Waals surface area contributed by atoms with Crippen LogP contribution in [-0.4, -0.2) is 10.2 Å². The Balaban J connectivity index is 1.72. The maximum absolute atomic E-state index is 14.1. The van der Waals surface area contributed by atoms with Crippen LogP contribution in [0.3, 0.4) is 0 Å². The van der Waals surface area contributed by atoms with E-state index in [1.165, 1.54) is 12.1 Å². The molecule has 0 spiro atoms. The molecule has 3 aromatic carbocycles. The van der Waals surface area contributed by atoms with Crippen LogP contribution in [0.2, 0.25) is 0 Å². The lowest BCUT2D eigenvalue weighted by molar-refractivity contribution is 0.490. The van der Waals surface area contributed by atoms with E-state index in [1.54, 1.807) is 37.3 Å². The van der Waals surface area contributed by atoms with E-state index in [0.29, 0.717) is 11.3 Å². The highest BCUT2D eigenvalue weighted by Crippen LogP contribution is 2.29. The van der Waals surface area contributed by atoms with Gasteiger partial charge in [0.05, 0.1) is 5.56 Å². The average molecular weight is 377 g/mol. The quantitative estimate of drug-likeness (QED) is 0.497. The van der Waals surface area contributed by atoms with Gasteiger partial charge in [0.2, 0.25) is 5.89 Å². The van der Waals surface area contributed by atoms with Crippen molar-refractivity contribution in [1.82, 2.24) is 10.2 Å². The van der Waals surface area contributed by atoms with E-state index in [9.17, 15) is 8.78 Å². The van der Waals surface area contributed by atoms with E-state index in [4.69, 9.17) is 4.42 Å². The molecule has 4 aromatic rings. The van der Waals surface area contributed by atoms with Crippen LogP contribution >= 0.6 is 0 Å². The summed E-state index contributed by atoms with van der Waals surface area (Å²) in [5.74, 6) is -0.409. The van der Waals surface area contributed by atoms with Gasteiger partial charge in [-0.25, -0.2) is 8.78 Å². The van der Waals surface area contributed by atoms with Crippen LogP contribution in [0.5, 0.6) is 0 Å². The minimum atomic E-state index is -0.517. The lowest BCUT2D eigenvalue weighted by atomic mass is 10.1. The van der Waals surface area contributed by atoms with Crippen LogP contribution in [0.15, 0.2) is 77.2 Å². The van der Waals surface area contributed by atoms with E-state index < -0.39 is 11.9 Å². The van der Waals surface area contributed by atoms with E-state index in [2.05, 4.69) is 15.5 Å². The maximum atomic E-state index is 14.1. The van der Waals surface area contributed by atoms with Gasteiger partial charge in [-0.1, -0.05) is 48.5 Å². The van der Waals surface area contributed by atoms with Gasteiger partial charge in [0.15, 0.2) is 0 Å². The minimum absolute atomic E-state index is 0.0888. The lowest BCUT2D eigenvalue weighted by Gasteiger charge is -2.17. The zero-order chi connectivity index (χ0) is 19.5. The molecule has 0 bridgehead atoms. The largest absolute Gasteiger partial charge is 0.418 e. The molecule has 6 heteroatoms. The van der Waals surface area contributed by atoms with Crippen LogP contribution in [0.4, 0.5) is 14.5 Å². The number of nitrogens with zero attached hydrogens (tertiary/aromatic N) is 2. The maximum Gasteiger partial charge on any atom is 0.250 e. The molecule has 1 N–H and O–H groups in total. The number of nitrogens with one attached hydrogen (secondary N) is 1. The SMILES string of the molecule is Cc1ccc(N[C@H](c2ccccc2)c2nnc(-c3ccccc3F)o2)cc1F. The normalized spacial score (nSPS) is 12.0. The molecular formula is C22H17F2N3O. The first-order valence-electron chi connectivity index (χ1n) is 8.78. The van der Waals surface area contributed by atoms with Crippen molar-refractivity contribution in [1.29, 1.82) is 0 Å². The number of hydrogen-bond donors (Lipinski definition) is 1. The molecule has 0 unspecified atom stereocenters. The van der Waals surface area contributed by atoms with Crippen LogP contribution in [-0.2, 0) is 0 Å². The van der Waals surface area contributed by atoms with E-state index >= 15 is 0 Å². The molecule has 1 atom stereocenters. The van der Waals surface area contributed by atoms with Crippen molar-refractivity contribution in [2.24, 2.45) is 0 Å². The second-order valence-electron chi connectivity index (χ2n) is 6.38. The Kier molecular flexibility index (Phi) is 4.85. The van der Waals surface area contributed by atoms with Gasteiger partial charge in [-0.05, 0) is 42.3 Å². The van der Waals surface area contributed by atoms with Crippen molar-refractivity contribution >= 4 is 5.69 Å². The third kappa shape index (κ3) is 3.62. The lowest BCUT2D eigenvalue weighted by Crippen LogP contribution is -2.13. The summed E-state index contributed by atoms with van der Waals surface area (Å²) in [5.41, 5.74) is 2.21. The molecule has 140 valence electrons. The molecule has 0 amide bonds. The molecule has 1 heterocycles.